The first kappa shape index (κ1) is 19.0. The second-order valence-corrected chi connectivity index (χ2v) is 7.03. The lowest BCUT2D eigenvalue weighted by Gasteiger charge is -2.43. The van der Waals surface area contributed by atoms with Crippen LogP contribution in [0, 0.1) is 5.41 Å². The van der Waals surface area contributed by atoms with Crippen LogP contribution in [0.1, 0.15) is 22.5 Å². The first-order valence-corrected chi connectivity index (χ1v) is 8.82. The van der Waals surface area contributed by atoms with Gasteiger partial charge in [0.15, 0.2) is 0 Å². The van der Waals surface area contributed by atoms with Crippen LogP contribution >= 0.6 is 0 Å². The summed E-state index contributed by atoms with van der Waals surface area (Å²) in [7, 11) is 3.31. The largest absolute Gasteiger partial charge is 0.497 e. The smallest absolute Gasteiger partial charge is 0.314 e. The number of carboxylic acids is 1. The van der Waals surface area contributed by atoms with Gasteiger partial charge in [0.25, 0.3) is 5.91 Å². The van der Waals surface area contributed by atoms with Gasteiger partial charge < -0.3 is 24.4 Å². The molecule has 1 aliphatic heterocycles. The van der Waals surface area contributed by atoms with E-state index in [2.05, 4.69) is 0 Å². The lowest BCUT2D eigenvalue weighted by Crippen LogP contribution is -2.58. The minimum atomic E-state index is -1.47. The number of rotatable bonds is 5. The number of amides is 1. The van der Waals surface area contributed by atoms with Gasteiger partial charge in [-0.1, -0.05) is 12.1 Å². The molecule has 2 N–H and O–H groups in total. The molecule has 0 spiro atoms. The highest BCUT2D eigenvalue weighted by atomic mass is 16.5. The minimum absolute atomic E-state index is 0.0509. The van der Waals surface area contributed by atoms with E-state index in [1.54, 1.807) is 61.3 Å². The number of carbonyl (C=O) groups is 2. The van der Waals surface area contributed by atoms with E-state index >= 15 is 0 Å². The number of aliphatic hydroxyl groups is 1. The van der Waals surface area contributed by atoms with E-state index in [4.69, 9.17) is 4.74 Å². The van der Waals surface area contributed by atoms with Crippen LogP contribution in [0.5, 0.6) is 5.75 Å². The van der Waals surface area contributed by atoms with Gasteiger partial charge in [-0.3, -0.25) is 9.59 Å². The van der Waals surface area contributed by atoms with E-state index in [1.165, 1.54) is 4.90 Å². The van der Waals surface area contributed by atoms with Crippen molar-refractivity contribution in [1.82, 2.24) is 9.47 Å². The van der Waals surface area contributed by atoms with Crippen LogP contribution < -0.4 is 4.74 Å². The lowest BCUT2D eigenvalue weighted by molar-refractivity contribution is -0.161. The number of methoxy groups -OCH3 is 1. The molecule has 7 heteroatoms. The zero-order chi connectivity index (χ0) is 19.6. The van der Waals surface area contributed by atoms with Gasteiger partial charge >= 0.3 is 5.97 Å². The fourth-order valence-electron chi connectivity index (χ4n) is 3.70. The Kier molecular flexibility index (Phi) is 5.23. The molecule has 1 aromatic heterocycles. The maximum Gasteiger partial charge on any atom is 0.314 e. The molecule has 0 bridgehead atoms. The van der Waals surface area contributed by atoms with Crippen LogP contribution in [0.3, 0.4) is 0 Å². The Morgan fingerprint density at radius 3 is 2.70 bits per heavy atom. The molecular formula is C20H24N2O5. The van der Waals surface area contributed by atoms with Crippen LogP contribution in [-0.2, 0) is 18.3 Å². The normalized spacial score (nSPS) is 22.5. The molecule has 0 saturated carbocycles. The highest BCUT2D eigenvalue weighted by Gasteiger charge is 2.50. The second kappa shape index (κ2) is 7.44. The van der Waals surface area contributed by atoms with E-state index in [0.717, 1.165) is 5.56 Å². The van der Waals surface area contributed by atoms with Gasteiger partial charge in [0, 0.05) is 26.3 Å². The number of aliphatic hydroxyl groups excluding tert-OH is 1. The highest BCUT2D eigenvalue weighted by molar-refractivity contribution is 5.93. The van der Waals surface area contributed by atoms with Crippen molar-refractivity contribution < 1.29 is 24.5 Å². The molecule has 1 amide bonds. The average molecular weight is 372 g/mol. The van der Waals surface area contributed by atoms with Crippen LogP contribution in [0.15, 0.2) is 42.6 Å². The van der Waals surface area contributed by atoms with Gasteiger partial charge in [0.2, 0.25) is 0 Å². The van der Waals surface area contributed by atoms with Crippen molar-refractivity contribution in [2.75, 3.05) is 20.2 Å². The number of likely N-dealkylation sites (tertiary alicyclic amines) is 1. The van der Waals surface area contributed by atoms with Crippen LogP contribution in [0.4, 0.5) is 0 Å². The molecule has 27 heavy (non-hydrogen) atoms. The van der Waals surface area contributed by atoms with E-state index < -0.39 is 17.5 Å². The van der Waals surface area contributed by atoms with E-state index in [1.807, 2.05) is 0 Å². The Balaban J connectivity index is 1.91. The quantitative estimate of drug-likeness (QED) is 0.831. The Morgan fingerprint density at radius 2 is 2.07 bits per heavy atom. The molecule has 1 aliphatic rings. The maximum atomic E-state index is 12.9. The summed E-state index contributed by atoms with van der Waals surface area (Å²) in [5.74, 6) is -0.719. The Morgan fingerprint density at radius 1 is 1.30 bits per heavy atom. The van der Waals surface area contributed by atoms with Gasteiger partial charge in [-0.2, -0.15) is 0 Å². The summed E-state index contributed by atoms with van der Waals surface area (Å²) in [6.45, 7) is 0.267. The molecule has 7 nitrogen and oxygen atoms in total. The molecule has 144 valence electrons. The van der Waals surface area contributed by atoms with Crippen molar-refractivity contribution in [3.05, 3.63) is 53.9 Å². The SMILES string of the molecule is COc1cccc(C[C@@]2(C(=O)O)CN(C(=O)c3cccn3C)CC[C@H]2O)c1. The molecule has 2 atom stereocenters. The van der Waals surface area contributed by atoms with E-state index in [9.17, 15) is 19.8 Å². The van der Waals surface area contributed by atoms with E-state index in [0.29, 0.717) is 18.0 Å². The molecule has 1 aromatic carbocycles. The summed E-state index contributed by atoms with van der Waals surface area (Å²) in [5.41, 5.74) is -0.234. The number of aliphatic carboxylic acids is 1. The van der Waals surface area contributed by atoms with Gasteiger partial charge in [-0.05, 0) is 42.7 Å². The number of carboxylic acid groups (broad SMARTS) is 1. The van der Waals surface area contributed by atoms with Gasteiger partial charge in [-0.15, -0.1) is 0 Å². The first-order valence-electron chi connectivity index (χ1n) is 8.82. The molecular weight excluding hydrogens is 348 g/mol. The number of piperidine rings is 1. The zero-order valence-corrected chi connectivity index (χ0v) is 15.5. The van der Waals surface area contributed by atoms with Gasteiger partial charge in [0.05, 0.1) is 13.2 Å². The third kappa shape index (κ3) is 3.55. The topological polar surface area (TPSA) is 92.0 Å². The molecule has 2 heterocycles. The number of carbonyl (C=O) groups excluding carboxylic acids is 1. The number of aromatic nitrogens is 1. The monoisotopic (exact) mass is 372 g/mol. The second-order valence-electron chi connectivity index (χ2n) is 7.03. The highest BCUT2D eigenvalue weighted by Crippen LogP contribution is 2.36. The molecule has 2 aromatic rings. The summed E-state index contributed by atoms with van der Waals surface area (Å²) >= 11 is 0. The summed E-state index contributed by atoms with van der Waals surface area (Å²) in [6.07, 6.45) is 1.05. The third-order valence-electron chi connectivity index (χ3n) is 5.31. The first-order chi connectivity index (χ1) is 12.9. The Hall–Kier alpha value is -2.80. The van der Waals surface area contributed by atoms with Crippen molar-refractivity contribution in [3.8, 4) is 5.75 Å². The summed E-state index contributed by atoms with van der Waals surface area (Å²) in [5, 5.41) is 20.6. The number of hydrogen-bond acceptors (Lipinski definition) is 4. The van der Waals surface area contributed by atoms with Gasteiger partial charge in [-0.25, -0.2) is 0 Å². The zero-order valence-electron chi connectivity index (χ0n) is 15.5. The van der Waals surface area contributed by atoms with Crippen molar-refractivity contribution in [3.63, 3.8) is 0 Å². The standard InChI is InChI=1S/C20H24N2O5/c1-21-9-4-7-16(21)18(24)22-10-8-17(23)20(13-22,19(25)26)12-14-5-3-6-15(11-14)27-2/h3-7,9,11,17,23H,8,10,12-13H2,1-2H3,(H,25,26)/t17-,20-/m1/s1. The minimum Gasteiger partial charge on any atom is -0.497 e. The Bertz CT molecular complexity index is 846. The lowest BCUT2D eigenvalue weighted by atomic mass is 9.72. The third-order valence-corrected chi connectivity index (χ3v) is 5.31. The van der Waals surface area contributed by atoms with Crippen molar-refractivity contribution >= 4 is 11.9 Å². The number of hydrogen-bond donors (Lipinski definition) is 2. The number of nitrogens with zero attached hydrogens (tertiary/aromatic N) is 2. The molecule has 1 saturated heterocycles. The van der Waals surface area contributed by atoms with Gasteiger partial charge in [0.1, 0.15) is 16.9 Å². The number of ether oxygens (including phenoxy) is 1. The van der Waals surface area contributed by atoms with Crippen molar-refractivity contribution in [2.24, 2.45) is 12.5 Å². The number of aryl methyl sites for hydroxylation is 1. The fraction of sp³-hybridized carbons (Fsp3) is 0.400. The molecule has 0 unspecified atom stereocenters. The summed E-state index contributed by atoms with van der Waals surface area (Å²) in [4.78, 5) is 26.6. The molecule has 3 rings (SSSR count). The molecule has 0 aliphatic carbocycles. The average Bonchev–Trinajstić information content (AvgIpc) is 3.09. The van der Waals surface area contributed by atoms with Crippen molar-refractivity contribution in [1.29, 1.82) is 0 Å². The number of benzene rings is 1. The van der Waals surface area contributed by atoms with Crippen LogP contribution in [0.25, 0.3) is 0 Å². The molecule has 1 fully saturated rings. The molecule has 0 radical (unpaired) electrons. The van der Waals surface area contributed by atoms with Crippen LogP contribution in [-0.4, -0.2) is 57.9 Å². The maximum absolute atomic E-state index is 12.9. The van der Waals surface area contributed by atoms with Crippen molar-refractivity contribution in [2.45, 2.75) is 18.9 Å². The Labute approximate surface area is 157 Å². The predicted molar refractivity (Wildman–Crippen MR) is 98.7 cm³/mol. The van der Waals surface area contributed by atoms with E-state index in [-0.39, 0.29) is 25.3 Å². The summed E-state index contributed by atoms with van der Waals surface area (Å²) < 4.78 is 6.91. The predicted octanol–water partition coefficient (Wildman–Crippen LogP) is 1.55. The van der Waals surface area contributed by atoms with Crippen LogP contribution in [0.2, 0.25) is 0 Å². The fourth-order valence-corrected chi connectivity index (χ4v) is 3.70. The summed E-state index contributed by atoms with van der Waals surface area (Å²) in [6, 6.07) is 10.6.